The number of hydrogen-bond acceptors (Lipinski definition) is 10. The topological polar surface area (TPSA) is 145 Å². The van der Waals surface area contributed by atoms with Gasteiger partial charge < -0.3 is 23.5 Å². The molecule has 5 rings (SSSR count). The molecule has 2 aliphatic rings. The Bertz CT molecular complexity index is 1490. The lowest BCUT2D eigenvalue weighted by atomic mass is 9.77. The monoisotopic (exact) mass is 495 g/mol. The third-order valence-electron chi connectivity index (χ3n) is 5.53. The maximum Gasteiger partial charge on any atom is 0.340 e. The predicted molar refractivity (Wildman–Crippen MR) is 115 cm³/mol. The lowest BCUT2D eigenvalue weighted by Gasteiger charge is -2.36. The van der Waals surface area contributed by atoms with E-state index in [1.807, 2.05) is 0 Å². The van der Waals surface area contributed by atoms with E-state index >= 15 is 0 Å². The summed E-state index contributed by atoms with van der Waals surface area (Å²) in [5.74, 6) is -1.27. The number of carbonyl (C=O) groups excluding carboxylic acids is 3. The van der Waals surface area contributed by atoms with Gasteiger partial charge in [-0.15, -0.1) is 0 Å². The van der Waals surface area contributed by atoms with Gasteiger partial charge in [-0.1, -0.05) is 6.07 Å². The number of fused-ring (bicyclic) bond motifs is 6. The van der Waals surface area contributed by atoms with Gasteiger partial charge in [0.05, 0.1) is 10.5 Å². The van der Waals surface area contributed by atoms with Crippen LogP contribution in [0.25, 0.3) is 0 Å². The van der Waals surface area contributed by atoms with Crippen molar-refractivity contribution in [1.82, 2.24) is 0 Å². The van der Waals surface area contributed by atoms with Crippen LogP contribution >= 0.6 is 0 Å². The van der Waals surface area contributed by atoms with Crippen molar-refractivity contribution in [3.63, 3.8) is 0 Å². The summed E-state index contributed by atoms with van der Waals surface area (Å²) in [5, 5.41) is 0. The first kappa shape index (κ1) is 22.6. The van der Waals surface area contributed by atoms with Crippen LogP contribution in [0.5, 0.6) is 23.0 Å². The number of benzene rings is 3. The minimum atomic E-state index is -4.82. The Kier molecular flexibility index (Phi) is 4.93. The molecule has 0 unspecified atom stereocenters. The summed E-state index contributed by atoms with van der Waals surface area (Å²) in [5.41, 5.74) is -0.670. The lowest BCUT2D eigenvalue weighted by Crippen LogP contribution is -2.33. The van der Waals surface area contributed by atoms with E-state index in [2.05, 4.69) is 0 Å². The van der Waals surface area contributed by atoms with Gasteiger partial charge in [0.2, 0.25) is 0 Å². The molecule has 0 aliphatic carbocycles. The average Bonchev–Trinajstić information content (AvgIpc) is 3.04. The molecule has 0 amide bonds. The van der Waals surface area contributed by atoms with Crippen LogP contribution in [-0.2, 0) is 30.0 Å². The number of ether oxygens (including phenoxy) is 4. The van der Waals surface area contributed by atoms with Gasteiger partial charge in [0.1, 0.15) is 33.1 Å². The number of rotatable bonds is 3. The van der Waals surface area contributed by atoms with Crippen LogP contribution in [0.15, 0.2) is 59.5 Å². The normalized spacial score (nSPS) is 14.8. The van der Waals surface area contributed by atoms with Crippen LogP contribution in [-0.4, -0.2) is 30.9 Å². The molecule has 3 aromatic rings. The fourth-order valence-electron chi connectivity index (χ4n) is 4.28. The van der Waals surface area contributed by atoms with Crippen LogP contribution in [0.1, 0.15) is 40.9 Å². The number of hydrogen-bond donors (Lipinski definition) is 0. The van der Waals surface area contributed by atoms with E-state index in [9.17, 15) is 27.4 Å². The predicted octanol–water partition coefficient (Wildman–Crippen LogP) is 3.01. The first-order valence-electron chi connectivity index (χ1n) is 10.2. The summed E-state index contributed by atoms with van der Waals surface area (Å²) in [4.78, 5) is 35.3. The highest BCUT2D eigenvalue weighted by Gasteiger charge is 2.53. The maximum atomic E-state index is 13.0. The van der Waals surface area contributed by atoms with Crippen molar-refractivity contribution in [1.29, 1.82) is 0 Å². The smallest absolute Gasteiger partial charge is 0.340 e. The summed E-state index contributed by atoms with van der Waals surface area (Å²) in [6.45, 7) is 2.47. The van der Waals surface area contributed by atoms with Gasteiger partial charge in [0.25, 0.3) is 0 Å². The second-order valence-electron chi connectivity index (χ2n) is 7.84. The second-order valence-corrected chi connectivity index (χ2v) is 9.22. The van der Waals surface area contributed by atoms with Crippen LogP contribution in [0.3, 0.4) is 0 Å². The molecule has 2 heterocycles. The molecule has 2 aliphatic heterocycles. The minimum absolute atomic E-state index is 0.103. The zero-order valence-electron chi connectivity index (χ0n) is 18.2. The largest absolute Gasteiger partial charge is 0.744 e. The second kappa shape index (κ2) is 7.65. The summed E-state index contributed by atoms with van der Waals surface area (Å²) in [7, 11) is -4.82. The van der Waals surface area contributed by atoms with E-state index in [1.165, 1.54) is 44.2 Å². The van der Waals surface area contributed by atoms with Gasteiger partial charge >= 0.3 is 17.9 Å². The molecule has 0 saturated carbocycles. The molecule has 10 nitrogen and oxygen atoms in total. The summed E-state index contributed by atoms with van der Waals surface area (Å²) in [6.07, 6.45) is 0. The molecule has 35 heavy (non-hydrogen) atoms. The lowest BCUT2D eigenvalue weighted by molar-refractivity contribution is -0.132. The molecule has 178 valence electrons. The quantitative estimate of drug-likeness (QED) is 0.302. The summed E-state index contributed by atoms with van der Waals surface area (Å²) >= 11 is 0. The molecular formula is C24H15O10S-. The zero-order chi connectivity index (χ0) is 25.1. The van der Waals surface area contributed by atoms with Gasteiger partial charge in [-0.2, -0.15) is 0 Å². The summed E-state index contributed by atoms with van der Waals surface area (Å²) < 4.78 is 56.8. The minimum Gasteiger partial charge on any atom is -0.744 e. The van der Waals surface area contributed by atoms with Crippen LogP contribution in [0.4, 0.5) is 0 Å². The first-order chi connectivity index (χ1) is 16.5. The Morgan fingerprint density at radius 3 is 1.83 bits per heavy atom. The van der Waals surface area contributed by atoms with E-state index in [0.717, 1.165) is 12.1 Å². The molecule has 3 aromatic carbocycles. The molecule has 11 heteroatoms. The third kappa shape index (κ3) is 3.61. The molecule has 0 N–H and O–H groups in total. The van der Waals surface area contributed by atoms with E-state index < -0.39 is 38.5 Å². The van der Waals surface area contributed by atoms with E-state index in [0.29, 0.717) is 11.1 Å². The Hall–Kier alpha value is -4.22. The van der Waals surface area contributed by atoms with Crippen molar-refractivity contribution in [3.8, 4) is 23.0 Å². The average molecular weight is 495 g/mol. The van der Waals surface area contributed by atoms with E-state index in [-0.39, 0.29) is 34.1 Å². The molecule has 1 spiro atoms. The standard InChI is InChI=1S/C24H16O10S/c1-12(25)31-14-3-6-19-21(9-14)33-22-10-15(32-13(2)26)4-7-20(22)24(19)18-8-5-16(35(28,29)30)11-17(18)23(27)34-24/h3-11H,1-2H3,(H,28,29,30)/p-1. The van der Waals surface area contributed by atoms with Crippen molar-refractivity contribution in [2.75, 3.05) is 0 Å². The fraction of sp³-hybridized carbons (Fsp3) is 0.125. The molecule has 0 radical (unpaired) electrons. The number of esters is 3. The SMILES string of the molecule is CC(=O)Oc1ccc2c(c1)Oc1cc(OC(C)=O)ccc1C21OC(=O)c2cc(S(=O)(=O)[O-])ccc21. The Morgan fingerprint density at radius 2 is 1.34 bits per heavy atom. The Labute approximate surface area is 198 Å². The molecular weight excluding hydrogens is 480 g/mol. The third-order valence-corrected chi connectivity index (χ3v) is 6.36. The molecule has 0 saturated heterocycles. The van der Waals surface area contributed by atoms with E-state index in [1.54, 1.807) is 12.1 Å². The van der Waals surface area contributed by atoms with Crippen LogP contribution in [0, 0.1) is 0 Å². The summed E-state index contributed by atoms with van der Waals surface area (Å²) in [6, 6.07) is 12.4. The van der Waals surface area contributed by atoms with Gasteiger partial charge in [0, 0.05) is 42.7 Å². The van der Waals surface area contributed by atoms with Gasteiger partial charge in [-0.25, -0.2) is 13.2 Å². The highest BCUT2D eigenvalue weighted by Crippen LogP contribution is 2.57. The molecule has 0 atom stereocenters. The molecule has 0 fully saturated rings. The molecule has 0 aromatic heterocycles. The Balaban J connectivity index is 1.78. The first-order valence-corrected chi connectivity index (χ1v) is 11.6. The van der Waals surface area contributed by atoms with Gasteiger partial charge in [0.15, 0.2) is 5.60 Å². The van der Waals surface area contributed by atoms with Crippen molar-refractivity contribution >= 4 is 28.0 Å². The van der Waals surface area contributed by atoms with Crippen LogP contribution in [0.2, 0.25) is 0 Å². The maximum absolute atomic E-state index is 13.0. The highest BCUT2D eigenvalue weighted by atomic mass is 32.2. The fourth-order valence-corrected chi connectivity index (χ4v) is 4.78. The van der Waals surface area contributed by atoms with Gasteiger partial charge in [-0.3, -0.25) is 9.59 Å². The van der Waals surface area contributed by atoms with Crippen LogP contribution < -0.4 is 14.2 Å². The van der Waals surface area contributed by atoms with Crippen molar-refractivity contribution < 1.29 is 46.3 Å². The van der Waals surface area contributed by atoms with Gasteiger partial charge in [-0.05, 0) is 36.4 Å². The zero-order valence-corrected chi connectivity index (χ0v) is 19.0. The highest BCUT2D eigenvalue weighted by molar-refractivity contribution is 7.85. The van der Waals surface area contributed by atoms with Crippen molar-refractivity contribution in [3.05, 3.63) is 76.9 Å². The van der Waals surface area contributed by atoms with E-state index in [4.69, 9.17) is 18.9 Å². The van der Waals surface area contributed by atoms with Crippen molar-refractivity contribution in [2.24, 2.45) is 0 Å². The Morgan fingerprint density at radius 1 is 0.829 bits per heavy atom. The van der Waals surface area contributed by atoms with Crippen molar-refractivity contribution in [2.45, 2.75) is 24.3 Å². The molecule has 0 bridgehead atoms. The number of carbonyl (C=O) groups is 3.